The molecule has 0 aliphatic carbocycles. The molecule has 0 spiro atoms. The predicted octanol–water partition coefficient (Wildman–Crippen LogP) is 1.31. The minimum atomic E-state index is -0.290. The lowest BCUT2D eigenvalue weighted by Gasteiger charge is -2.06. The Labute approximate surface area is 92.9 Å². The van der Waals surface area contributed by atoms with E-state index in [-0.39, 0.29) is 5.82 Å². The van der Waals surface area contributed by atoms with Crippen LogP contribution in [0.1, 0.15) is 5.69 Å². The molecule has 0 unspecified atom stereocenters. The Hall–Kier alpha value is -1.88. The highest BCUT2D eigenvalue weighted by atomic mass is 19.1. The number of nitrogens with zero attached hydrogens (tertiary/aromatic N) is 2. The summed E-state index contributed by atoms with van der Waals surface area (Å²) in [6.07, 6.45) is 0. The third-order valence-electron chi connectivity index (χ3n) is 2.21. The van der Waals surface area contributed by atoms with Gasteiger partial charge in [0.2, 0.25) is 0 Å². The fourth-order valence-corrected chi connectivity index (χ4v) is 1.58. The van der Waals surface area contributed by atoms with Crippen LogP contribution in [0.3, 0.4) is 0 Å². The van der Waals surface area contributed by atoms with Crippen molar-refractivity contribution in [1.82, 2.24) is 15.1 Å². The van der Waals surface area contributed by atoms with Crippen molar-refractivity contribution >= 4 is 5.82 Å². The molecule has 84 valence electrons. The van der Waals surface area contributed by atoms with Gasteiger partial charge in [-0.05, 0) is 25.2 Å². The molecule has 16 heavy (non-hydrogen) atoms. The Morgan fingerprint density at radius 3 is 2.94 bits per heavy atom. The van der Waals surface area contributed by atoms with Crippen LogP contribution in [-0.4, -0.2) is 16.8 Å². The second kappa shape index (κ2) is 4.32. The summed E-state index contributed by atoms with van der Waals surface area (Å²) in [5, 5.41) is 7.14. The molecule has 0 radical (unpaired) electrons. The van der Waals surface area contributed by atoms with E-state index in [2.05, 4.69) is 10.4 Å². The molecule has 0 saturated heterocycles. The lowest BCUT2D eigenvalue weighted by Crippen LogP contribution is -2.11. The van der Waals surface area contributed by atoms with Gasteiger partial charge in [0.1, 0.15) is 11.6 Å². The van der Waals surface area contributed by atoms with Gasteiger partial charge in [-0.15, -0.1) is 0 Å². The molecule has 1 aromatic carbocycles. The van der Waals surface area contributed by atoms with E-state index in [4.69, 9.17) is 5.73 Å². The fraction of sp³-hybridized carbons (Fsp3) is 0.182. The van der Waals surface area contributed by atoms with E-state index in [9.17, 15) is 4.39 Å². The van der Waals surface area contributed by atoms with Crippen LogP contribution in [0, 0.1) is 5.82 Å². The van der Waals surface area contributed by atoms with Crippen LogP contribution >= 0.6 is 0 Å². The molecular formula is C11H13FN4. The maximum absolute atomic E-state index is 13.1. The first-order valence-electron chi connectivity index (χ1n) is 4.95. The Balaban J connectivity index is 2.46. The number of nitrogens with two attached hydrogens (primary N) is 1. The van der Waals surface area contributed by atoms with Crippen LogP contribution < -0.4 is 11.1 Å². The van der Waals surface area contributed by atoms with Crippen LogP contribution in [0.5, 0.6) is 0 Å². The maximum atomic E-state index is 13.1. The lowest BCUT2D eigenvalue weighted by molar-refractivity contribution is 0.624. The Morgan fingerprint density at radius 2 is 2.25 bits per heavy atom. The molecule has 2 rings (SSSR count). The van der Waals surface area contributed by atoms with E-state index in [1.807, 2.05) is 7.05 Å². The first-order chi connectivity index (χ1) is 7.70. The molecule has 1 aromatic heterocycles. The second-order valence-electron chi connectivity index (χ2n) is 3.48. The molecule has 3 N–H and O–H groups in total. The fourth-order valence-electron chi connectivity index (χ4n) is 1.58. The predicted molar refractivity (Wildman–Crippen MR) is 60.7 cm³/mol. The number of rotatable bonds is 3. The van der Waals surface area contributed by atoms with Crippen molar-refractivity contribution in [2.45, 2.75) is 6.54 Å². The van der Waals surface area contributed by atoms with Gasteiger partial charge in [0.25, 0.3) is 0 Å². The van der Waals surface area contributed by atoms with Crippen LogP contribution in [0.2, 0.25) is 0 Å². The molecule has 0 atom stereocenters. The van der Waals surface area contributed by atoms with E-state index in [1.165, 1.54) is 12.1 Å². The van der Waals surface area contributed by atoms with Crippen LogP contribution in [-0.2, 0) is 6.54 Å². The zero-order valence-electron chi connectivity index (χ0n) is 8.94. The van der Waals surface area contributed by atoms with Gasteiger partial charge < -0.3 is 11.1 Å². The van der Waals surface area contributed by atoms with Crippen LogP contribution in [0.4, 0.5) is 10.2 Å². The van der Waals surface area contributed by atoms with Gasteiger partial charge in [0.05, 0.1) is 11.4 Å². The number of halogens is 1. The van der Waals surface area contributed by atoms with Crippen molar-refractivity contribution in [3.63, 3.8) is 0 Å². The summed E-state index contributed by atoms with van der Waals surface area (Å²) >= 11 is 0. The maximum Gasteiger partial charge on any atom is 0.146 e. The van der Waals surface area contributed by atoms with Gasteiger partial charge >= 0.3 is 0 Å². The Bertz CT molecular complexity index is 492. The number of hydrogen-bond acceptors (Lipinski definition) is 3. The Morgan fingerprint density at radius 1 is 1.44 bits per heavy atom. The van der Waals surface area contributed by atoms with E-state index < -0.39 is 0 Å². The average Bonchev–Trinajstić information content (AvgIpc) is 2.60. The van der Waals surface area contributed by atoms with E-state index in [0.717, 1.165) is 5.69 Å². The number of benzene rings is 1. The highest BCUT2D eigenvalue weighted by Gasteiger charge is 2.07. The lowest BCUT2D eigenvalue weighted by atomic mass is 10.3. The molecule has 0 aliphatic heterocycles. The summed E-state index contributed by atoms with van der Waals surface area (Å²) < 4.78 is 14.7. The number of nitrogen functional groups attached to an aromatic ring is 1. The molecule has 5 heteroatoms. The molecule has 0 saturated carbocycles. The smallest absolute Gasteiger partial charge is 0.146 e. The van der Waals surface area contributed by atoms with Crippen molar-refractivity contribution in [2.24, 2.45) is 0 Å². The summed E-state index contributed by atoms with van der Waals surface area (Å²) in [5.74, 6) is 0.136. The van der Waals surface area contributed by atoms with Crippen molar-refractivity contribution in [3.05, 3.63) is 41.8 Å². The summed E-state index contributed by atoms with van der Waals surface area (Å²) in [5.41, 5.74) is 7.19. The monoisotopic (exact) mass is 220 g/mol. The molecule has 2 aromatic rings. The third-order valence-corrected chi connectivity index (χ3v) is 2.21. The van der Waals surface area contributed by atoms with Gasteiger partial charge in [-0.3, -0.25) is 0 Å². The van der Waals surface area contributed by atoms with Gasteiger partial charge in [-0.1, -0.05) is 6.07 Å². The third kappa shape index (κ3) is 2.04. The van der Waals surface area contributed by atoms with Crippen molar-refractivity contribution in [2.75, 3.05) is 12.8 Å². The first kappa shape index (κ1) is 10.6. The van der Waals surface area contributed by atoms with Crippen molar-refractivity contribution in [3.8, 4) is 5.69 Å². The van der Waals surface area contributed by atoms with Crippen molar-refractivity contribution in [1.29, 1.82) is 0 Å². The molecule has 4 nitrogen and oxygen atoms in total. The summed E-state index contributed by atoms with van der Waals surface area (Å²) in [7, 11) is 1.83. The minimum absolute atomic E-state index is 0.290. The average molecular weight is 220 g/mol. The number of nitrogens with one attached hydrogen (secondary N) is 1. The highest BCUT2D eigenvalue weighted by molar-refractivity contribution is 5.39. The van der Waals surface area contributed by atoms with Crippen LogP contribution in [0.25, 0.3) is 5.69 Å². The highest BCUT2D eigenvalue weighted by Crippen LogP contribution is 2.14. The number of anilines is 1. The molecular weight excluding hydrogens is 207 g/mol. The topological polar surface area (TPSA) is 55.9 Å². The minimum Gasteiger partial charge on any atom is -0.382 e. The zero-order valence-corrected chi connectivity index (χ0v) is 8.94. The largest absolute Gasteiger partial charge is 0.382 e. The molecule has 0 amide bonds. The molecule has 0 fully saturated rings. The Kier molecular flexibility index (Phi) is 2.87. The van der Waals surface area contributed by atoms with Gasteiger partial charge in [-0.2, -0.15) is 5.10 Å². The van der Waals surface area contributed by atoms with Crippen molar-refractivity contribution < 1.29 is 4.39 Å². The standard InChI is InChI=1S/C11H13FN4/c1-14-7-10-6-11(13)15-16(10)9-4-2-3-8(12)5-9/h2-6,14H,7H2,1H3,(H2,13,15). The van der Waals surface area contributed by atoms with Gasteiger partial charge in [0.15, 0.2) is 0 Å². The first-order valence-corrected chi connectivity index (χ1v) is 4.95. The zero-order chi connectivity index (χ0) is 11.5. The molecule has 0 aliphatic rings. The van der Waals surface area contributed by atoms with Gasteiger partial charge in [0, 0.05) is 12.6 Å². The van der Waals surface area contributed by atoms with Crippen LogP contribution in [0.15, 0.2) is 30.3 Å². The summed E-state index contributed by atoms with van der Waals surface area (Å²) in [6.45, 7) is 0.626. The van der Waals surface area contributed by atoms with E-state index in [1.54, 1.807) is 22.9 Å². The second-order valence-corrected chi connectivity index (χ2v) is 3.48. The normalized spacial score (nSPS) is 10.6. The SMILES string of the molecule is CNCc1cc(N)nn1-c1cccc(F)c1. The van der Waals surface area contributed by atoms with E-state index >= 15 is 0 Å². The quantitative estimate of drug-likeness (QED) is 0.820. The summed E-state index contributed by atoms with van der Waals surface area (Å²) in [6, 6.07) is 8.02. The van der Waals surface area contributed by atoms with E-state index in [0.29, 0.717) is 18.1 Å². The summed E-state index contributed by atoms with van der Waals surface area (Å²) in [4.78, 5) is 0. The number of hydrogen-bond donors (Lipinski definition) is 2. The molecule has 1 heterocycles. The number of aromatic nitrogens is 2. The van der Waals surface area contributed by atoms with Gasteiger partial charge in [-0.25, -0.2) is 9.07 Å². The molecule has 0 bridgehead atoms.